The number of anilines is 1. The van der Waals surface area contributed by atoms with Gasteiger partial charge < -0.3 is 10.1 Å². The summed E-state index contributed by atoms with van der Waals surface area (Å²) in [6.07, 6.45) is 0.0891. The van der Waals surface area contributed by atoms with E-state index in [1.165, 1.54) is 7.11 Å². The number of methoxy groups -OCH3 is 1. The Kier molecular flexibility index (Phi) is 6.49. The number of hydrogen-bond donors (Lipinski definition) is 2. The van der Waals surface area contributed by atoms with Gasteiger partial charge in [-0.05, 0) is 56.2 Å². The molecule has 2 aromatic carbocycles. The zero-order chi connectivity index (χ0) is 19.1. The summed E-state index contributed by atoms with van der Waals surface area (Å²) in [5, 5.41) is 6.86. The van der Waals surface area contributed by atoms with Crippen LogP contribution >= 0.6 is 0 Å². The highest BCUT2D eigenvalue weighted by atomic mass is 16.5. The summed E-state index contributed by atoms with van der Waals surface area (Å²) < 4.78 is 5.09. The van der Waals surface area contributed by atoms with Gasteiger partial charge in [0, 0.05) is 17.0 Å². The maximum absolute atomic E-state index is 12.2. The van der Waals surface area contributed by atoms with Crippen LogP contribution in [0.4, 0.5) is 5.69 Å². The quantitative estimate of drug-likeness (QED) is 0.617. The molecule has 0 saturated heterocycles. The minimum Gasteiger partial charge on any atom is -0.497 e. The van der Waals surface area contributed by atoms with Crippen LogP contribution < -0.4 is 15.5 Å². The molecule has 136 valence electrons. The maximum Gasteiger partial charge on any atom is 0.271 e. The monoisotopic (exact) mass is 353 g/mol. The van der Waals surface area contributed by atoms with Gasteiger partial charge in [-0.2, -0.15) is 5.10 Å². The molecule has 0 saturated carbocycles. The lowest BCUT2D eigenvalue weighted by molar-refractivity contribution is -0.115. The largest absolute Gasteiger partial charge is 0.497 e. The maximum atomic E-state index is 12.2. The van der Waals surface area contributed by atoms with Crippen LogP contribution in [0.3, 0.4) is 0 Å². The third-order valence-corrected chi connectivity index (χ3v) is 3.98. The van der Waals surface area contributed by atoms with Crippen LogP contribution in [-0.2, 0) is 4.79 Å². The van der Waals surface area contributed by atoms with Gasteiger partial charge in [0.05, 0.1) is 13.5 Å². The molecule has 2 aromatic rings. The van der Waals surface area contributed by atoms with Crippen LogP contribution in [0, 0.1) is 13.8 Å². The number of hydrogen-bond acceptors (Lipinski definition) is 4. The Morgan fingerprint density at radius 3 is 2.58 bits per heavy atom. The molecule has 0 spiro atoms. The van der Waals surface area contributed by atoms with Gasteiger partial charge in [0.15, 0.2) is 0 Å². The number of nitrogens with one attached hydrogen (secondary N) is 2. The molecule has 26 heavy (non-hydrogen) atoms. The summed E-state index contributed by atoms with van der Waals surface area (Å²) in [6, 6.07) is 12.5. The lowest BCUT2D eigenvalue weighted by Crippen LogP contribution is -2.21. The topological polar surface area (TPSA) is 79.8 Å². The fraction of sp³-hybridized carbons (Fsp3) is 0.250. The standard InChI is InChI=1S/C20H23N3O3/c1-13-7-5-10-18(15(13)3)21-19(24)11-14(2)22-23-20(25)16-8-6-9-17(12-16)26-4/h5-10,12H,11H2,1-4H3,(H,21,24)(H,23,25)/b22-14+. The zero-order valence-electron chi connectivity index (χ0n) is 15.4. The van der Waals surface area contributed by atoms with Gasteiger partial charge in [-0.15, -0.1) is 0 Å². The summed E-state index contributed by atoms with van der Waals surface area (Å²) in [5.74, 6) is 0.0417. The summed E-state index contributed by atoms with van der Waals surface area (Å²) >= 11 is 0. The van der Waals surface area contributed by atoms with Gasteiger partial charge >= 0.3 is 0 Å². The second-order valence-corrected chi connectivity index (χ2v) is 5.99. The summed E-state index contributed by atoms with van der Waals surface area (Å²) in [5.41, 5.74) is 6.31. The molecule has 0 aliphatic heterocycles. The van der Waals surface area contributed by atoms with Crippen molar-refractivity contribution in [3.63, 3.8) is 0 Å². The second kappa shape index (κ2) is 8.80. The van der Waals surface area contributed by atoms with E-state index < -0.39 is 0 Å². The van der Waals surface area contributed by atoms with E-state index in [2.05, 4.69) is 15.8 Å². The third-order valence-electron chi connectivity index (χ3n) is 3.98. The third kappa shape index (κ3) is 5.17. The Morgan fingerprint density at radius 1 is 1.12 bits per heavy atom. The van der Waals surface area contributed by atoms with E-state index in [0.717, 1.165) is 16.8 Å². The first kappa shape index (κ1) is 19.2. The van der Waals surface area contributed by atoms with Crippen molar-refractivity contribution >= 4 is 23.2 Å². The zero-order valence-corrected chi connectivity index (χ0v) is 15.4. The minimum atomic E-state index is -0.363. The first-order valence-electron chi connectivity index (χ1n) is 8.24. The first-order chi connectivity index (χ1) is 12.4. The van der Waals surface area contributed by atoms with Crippen LogP contribution in [-0.4, -0.2) is 24.6 Å². The highest BCUT2D eigenvalue weighted by molar-refractivity contribution is 6.06. The average Bonchev–Trinajstić information content (AvgIpc) is 2.63. The van der Waals surface area contributed by atoms with Crippen molar-refractivity contribution in [2.75, 3.05) is 12.4 Å². The highest BCUT2D eigenvalue weighted by Crippen LogP contribution is 2.18. The van der Waals surface area contributed by atoms with Crippen molar-refractivity contribution in [3.05, 3.63) is 59.2 Å². The Morgan fingerprint density at radius 2 is 1.85 bits per heavy atom. The van der Waals surface area contributed by atoms with E-state index in [4.69, 9.17) is 4.74 Å². The Labute approximate surface area is 153 Å². The Balaban J connectivity index is 1.93. The fourth-order valence-electron chi connectivity index (χ4n) is 2.33. The molecular weight excluding hydrogens is 330 g/mol. The van der Waals surface area contributed by atoms with E-state index in [1.807, 2.05) is 32.0 Å². The van der Waals surface area contributed by atoms with Gasteiger partial charge in [-0.1, -0.05) is 18.2 Å². The normalized spacial score (nSPS) is 11.0. The first-order valence-corrected chi connectivity index (χ1v) is 8.24. The van der Waals surface area contributed by atoms with Crippen LogP contribution in [0.1, 0.15) is 34.8 Å². The number of benzene rings is 2. The lowest BCUT2D eigenvalue weighted by Gasteiger charge is -2.10. The number of hydrazone groups is 1. The molecule has 2 amide bonds. The molecule has 0 fully saturated rings. The van der Waals surface area contributed by atoms with Crippen LogP contribution in [0.25, 0.3) is 0 Å². The van der Waals surface area contributed by atoms with Crippen molar-refractivity contribution in [1.82, 2.24) is 5.43 Å². The van der Waals surface area contributed by atoms with Crippen LogP contribution in [0.15, 0.2) is 47.6 Å². The number of amides is 2. The Hall–Kier alpha value is -3.15. The molecule has 0 atom stereocenters. The van der Waals surface area contributed by atoms with Gasteiger partial charge in [0.2, 0.25) is 5.91 Å². The molecule has 0 heterocycles. The molecular formula is C20H23N3O3. The molecule has 0 aliphatic carbocycles. The molecule has 0 bridgehead atoms. The van der Waals surface area contributed by atoms with Crippen molar-refractivity contribution in [2.24, 2.45) is 5.10 Å². The summed E-state index contributed by atoms with van der Waals surface area (Å²) in [4.78, 5) is 24.3. The molecule has 0 unspecified atom stereocenters. The number of aryl methyl sites for hydroxylation is 1. The molecule has 0 radical (unpaired) electrons. The molecule has 6 heteroatoms. The van der Waals surface area contributed by atoms with Crippen molar-refractivity contribution in [1.29, 1.82) is 0 Å². The minimum absolute atomic E-state index is 0.0891. The average molecular weight is 353 g/mol. The van der Waals surface area contributed by atoms with Crippen LogP contribution in [0.5, 0.6) is 5.75 Å². The number of carbonyl (C=O) groups excluding carboxylic acids is 2. The lowest BCUT2D eigenvalue weighted by atomic mass is 10.1. The number of rotatable bonds is 6. The smallest absolute Gasteiger partial charge is 0.271 e. The number of ether oxygens (including phenoxy) is 1. The van der Waals surface area contributed by atoms with Crippen molar-refractivity contribution < 1.29 is 14.3 Å². The second-order valence-electron chi connectivity index (χ2n) is 5.99. The van der Waals surface area contributed by atoms with Crippen LogP contribution in [0.2, 0.25) is 0 Å². The van der Waals surface area contributed by atoms with Gasteiger partial charge in [-0.25, -0.2) is 5.43 Å². The Bertz CT molecular complexity index is 844. The number of nitrogens with zero attached hydrogens (tertiary/aromatic N) is 1. The SMILES string of the molecule is COc1cccc(C(=O)N/N=C(\C)CC(=O)Nc2cccc(C)c2C)c1. The fourth-order valence-corrected chi connectivity index (χ4v) is 2.33. The van der Waals surface area contributed by atoms with Gasteiger partial charge in [0.25, 0.3) is 5.91 Å². The van der Waals surface area contributed by atoms with E-state index in [1.54, 1.807) is 31.2 Å². The van der Waals surface area contributed by atoms with E-state index >= 15 is 0 Å². The van der Waals surface area contributed by atoms with E-state index in [0.29, 0.717) is 17.0 Å². The number of carbonyl (C=O) groups is 2. The highest BCUT2D eigenvalue weighted by Gasteiger charge is 2.09. The summed E-state index contributed by atoms with van der Waals surface area (Å²) in [7, 11) is 1.54. The van der Waals surface area contributed by atoms with Gasteiger partial charge in [0.1, 0.15) is 5.75 Å². The predicted molar refractivity (Wildman–Crippen MR) is 103 cm³/mol. The van der Waals surface area contributed by atoms with E-state index in [-0.39, 0.29) is 18.2 Å². The van der Waals surface area contributed by atoms with E-state index in [9.17, 15) is 9.59 Å². The summed E-state index contributed by atoms with van der Waals surface area (Å²) in [6.45, 7) is 5.64. The predicted octanol–water partition coefficient (Wildman–Crippen LogP) is 3.45. The van der Waals surface area contributed by atoms with Gasteiger partial charge in [-0.3, -0.25) is 9.59 Å². The molecule has 6 nitrogen and oxygen atoms in total. The molecule has 0 aromatic heterocycles. The van der Waals surface area contributed by atoms with Crippen molar-refractivity contribution in [3.8, 4) is 5.75 Å². The molecule has 2 rings (SSSR count). The molecule has 2 N–H and O–H groups in total. The molecule has 0 aliphatic rings. The van der Waals surface area contributed by atoms with Crippen molar-refractivity contribution in [2.45, 2.75) is 27.2 Å².